The van der Waals surface area contributed by atoms with Crippen molar-refractivity contribution >= 4 is 33.1 Å². The maximum Gasteiger partial charge on any atom is 0.258 e. The monoisotopic (exact) mass is 380 g/mol. The van der Waals surface area contributed by atoms with Crippen molar-refractivity contribution in [3.8, 4) is 10.6 Å². The molecule has 0 fully saturated rings. The van der Waals surface area contributed by atoms with Crippen molar-refractivity contribution in [1.82, 2.24) is 4.98 Å². The van der Waals surface area contributed by atoms with Crippen LogP contribution in [0.3, 0.4) is 0 Å². The fraction of sp³-hybridized carbons (Fsp3) is 0.0476. The molecule has 3 aromatic carbocycles. The number of aromatic nitrogens is 1. The van der Waals surface area contributed by atoms with Crippen molar-refractivity contribution in [2.24, 2.45) is 0 Å². The van der Waals surface area contributed by atoms with E-state index in [1.807, 2.05) is 31.2 Å². The Morgan fingerprint density at radius 2 is 1.78 bits per heavy atom. The van der Waals surface area contributed by atoms with Gasteiger partial charge < -0.3 is 5.32 Å². The molecule has 1 heterocycles. The van der Waals surface area contributed by atoms with Gasteiger partial charge in [-0.15, -0.1) is 11.3 Å². The average Bonchev–Trinajstić information content (AvgIpc) is 3.05. The molecule has 4 aromatic rings. The third kappa shape index (κ3) is 3.57. The Bertz CT molecular complexity index is 1150. The zero-order chi connectivity index (χ0) is 19.0. The fourth-order valence-corrected chi connectivity index (χ4v) is 3.79. The van der Waals surface area contributed by atoms with Gasteiger partial charge in [0.05, 0.1) is 15.8 Å². The maximum atomic E-state index is 13.7. The lowest BCUT2D eigenvalue weighted by Crippen LogP contribution is -2.13. The highest BCUT2D eigenvalue weighted by molar-refractivity contribution is 7.21. The van der Waals surface area contributed by atoms with Crippen LogP contribution < -0.4 is 5.32 Å². The van der Waals surface area contributed by atoms with Gasteiger partial charge in [-0.2, -0.15) is 0 Å². The molecule has 3 nitrogen and oxygen atoms in total. The summed E-state index contributed by atoms with van der Waals surface area (Å²) in [6.45, 7) is 2.04. The number of anilines is 1. The number of carbonyl (C=O) groups is 1. The van der Waals surface area contributed by atoms with Gasteiger partial charge in [-0.3, -0.25) is 4.79 Å². The number of carbonyl (C=O) groups excluding carboxylic acids is 1. The lowest BCUT2D eigenvalue weighted by Gasteiger charge is -2.07. The summed E-state index contributed by atoms with van der Waals surface area (Å²) in [5.74, 6) is -2.25. The van der Waals surface area contributed by atoms with E-state index in [9.17, 15) is 13.6 Å². The molecule has 0 unspecified atom stereocenters. The van der Waals surface area contributed by atoms with Gasteiger partial charge in [0.15, 0.2) is 0 Å². The molecule has 0 radical (unpaired) electrons. The summed E-state index contributed by atoms with van der Waals surface area (Å²) in [5.41, 5.74) is 3.37. The second kappa shape index (κ2) is 6.89. The van der Waals surface area contributed by atoms with Gasteiger partial charge in [0.25, 0.3) is 5.91 Å². The Morgan fingerprint density at radius 3 is 2.52 bits per heavy atom. The predicted octanol–water partition coefficient (Wildman–Crippen LogP) is 5.80. The molecular weight excluding hydrogens is 366 g/mol. The van der Waals surface area contributed by atoms with E-state index < -0.39 is 17.5 Å². The molecule has 134 valence electrons. The van der Waals surface area contributed by atoms with E-state index in [0.717, 1.165) is 32.9 Å². The Hall–Kier alpha value is -3.12. The summed E-state index contributed by atoms with van der Waals surface area (Å²) >= 11 is 1.60. The van der Waals surface area contributed by atoms with Crippen LogP contribution in [0.1, 0.15) is 15.9 Å². The van der Waals surface area contributed by atoms with Gasteiger partial charge in [-0.05, 0) is 61.0 Å². The van der Waals surface area contributed by atoms with Gasteiger partial charge in [-0.1, -0.05) is 6.07 Å². The van der Waals surface area contributed by atoms with E-state index in [1.165, 1.54) is 5.56 Å². The van der Waals surface area contributed by atoms with E-state index in [-0.39, 0.29) is 5.56 Å². The molecule has 27 heavy (non-hydrogen) atoms. The van der Waals surface area contributed by atoms with E-state index >= 15 is 0 Å². The second-order valence-electron chi connectivity index (χ2n) is 6.15. The first-order valence-electron chi connectivity index (χ1n) is 8.23. The second-order valence-corrected chi connectivity index (χ2v) is 7.18. The normalized spacial score (nSPS) is 10.9. The molecule has 0 aliphatic rings. The molecule has 4 rings (SSSR count). The summed E-state index contributed by atoms with van der Waals surface area (Å²) in [6.07, 6.45) is 0. The Labute approximate surface area is 158 Å². The van der Waals surface area contributed by atoms with Crippen LogP contribution in [0.5, 0.6) is 0 Å². The molecule has 0 spiro atoms. The van der Waals surface area contributed by atoms with Crippen molar-refractivity contribution in [2.45, 2.75) is 6.92 Å². The van der Waals surface area contributed by atoms with Gasteiger partial charge in [-0.25, -0.2) is 13.8 Å². The molecule has 0 atom stereocenters. The number of thiazole rings is 1. The molecule has 6 heteroatoms. The molecule has 0 aliphatic carbocycles. The number of benzene rings is 3. The summed E-state index contributed by atoms with van der Waals surface area (Å²) in [7, 11) is 0. The Morgan fingerprint density at radius 1 is 1.00 bits per heavy atom. The molecule has 0 saturated carbocycles. The van der Waals surface area contributed by atoms with E-state index in [1.54, 1.807) is 23.5 Å². The number of amides is 1. The SMILES string of the molecule is Cc1ccc2nc(-c3ccc(NC(=O)c4ccc(F)cc4F)cc3)sc2c1. The summed E-state index contributed by atoms with van der Waals surface area (Å²) in [4.78, 5) is 16.8. The first kappa shape index (κ1) is 17.3. The highest BCUT2D eigenvalue weighted by Gasteiger charge is 2.13. The molecular formula is C21H14F2N2OS. The van der Waals surface area contributed by atoms with Crippen molar-refractivity contribution in [2.75, 3.05) is 5.32 Å². The predicted molar refractivity (Wildman–Crippen MR) is 104 cm³/mol. The van der Waals surface area contributed by atoms with Crippen LogP contribution in [0, 0.1) is 18.6 Å². The Balaban J connectivity index is 1.55. The lowest BCUT2D eigenvalue weighted by molar-refractivity contribution is 0.102. The topological polar surface area (TPSA) is 42.0 Å². The van der Waals surface area contributed by atoms with Crippen molar-refractivity contribution in [3.63, 3.8) is 0 Å². The van der Waals surface area contributed by atoms with Gasteiger partial charge in [0, 0.05) is 17.3 Å². The first-order valence-corrected chi connectivity index (χ1v) is 9.05. The third-order valence-corrected chi connectivity index (χ3v) is 5.18. The van der Waals surface area contributed by atoms with Crippen LogP contribution in [-0.4, -0.2) is 10.9 Å². The van der Waals surface area contributed by atoms with Crippen LogP contribution in [0.4, 0.5) is 14.5 Å². The molecule has 0 aliphatic heterocycles. The largest absolute Gasteiger partial charge is 0.322 e. The van der Waals surface area contributed by atoms with Crippen LogP contribution >= 0.6 is 11.3 Å². The van der Waals surface area contributed by atoms with Crippen LogP contribution in [0.25, 0.3) is 20.8 Å². The minimum absolute atomic E-state index is 0.206. The quantitative estimate of drug-likeness (QED) is 0.488. The number of hydrogen-bond acceptors (Lipinski definition) is 3. The van der Waals surface area contributed by atoms with Crippen LogP contribution in [0.15, 0.2) is 60.7 Å². The number of nitrogens with one attached hydrogen (secondary N) is 1. The standard InChI is InChI=1S/C21H14F2N2OS/c1-12-2-9-18-19(10-12)27-21(25-18)13-3-6-15(7-4-13)24-20(26)16-8-5-14(22)11-17(16)23/h2-11H,1H3,(H,24,26). The van der Waals surface area contributed by atoms with E-state index in [0.29, 0.717) is 11.8 Å². The number of aryl methyl sites for hydroxylation is 1. The van der Waals surface area contributed by atoms with Gasteiger partial charge in [0.2, 0.25) is 0 Å². The molecule has 1 N–H and O–H groups in total. The lowest BCUT2D eigenvalue weighted by atomic mass is 10.1. The third-order valence-electron chi connectivity index (χ3n) is 4.11. The van der Waals surface area contributed by atoms with Crippen LogP contribution in [-0.2, 0) is 0 Å². The summed E-state index contributed by atoms with van der Waals surface area (Å²) in [6, 6.07) is 16.1. The summed E-state index contributed by atoms with van der Waals surface area (Å²) < 4.78 is 27.8. The van der Waals surface area contributed by atoms with E-state index in [2.05, 4.69) is 16.4 Å². The number of fused-ring (bicyclic) bond motifs is 1. The van der Waals surface area contributed by atoms with Crippen molar-refractivity contribution < 1.29 is 13.6 Å². The zero-order valence-corrected chi connectivity index (χ0v) is 15.1. The molecule has 1 aromatic heterocycles. The molecule has 0 bridgehead atoms. The minimum atomic E-state index is -0.895. The number of nitrogens with zero attached hydrogens (tertiary/aromatic N) is 1. The number of halogens is 2. The fourth-order valence-electron chi connectivity index (χ4n) is 2.72. The maximum absolute atomic E-state index is 13.7. The smallest absolute Gasteiger partial charge is 0.258 e. The number of rotatable bonds is 3. The first-order chi connectivity index (χ1) is 13.0. The zero-order valence-electron chi connectivity index (χ0n) is 14.3. The van der Waals surface area contributed by atoms with Crippen molar-refractivity contribution in [1.29, 1.82) is 0 Å². The molecule has 1 amide bonds. The molecule has 0 saturated heterocycles. The highest BCUT2D eigenvalue weighted by Crippen LogP contribution is 2.31. The highest BCUT2D eigenvalue weighted by atomic mass is 32.1. The Kier molecular flexibility index (Phi) is 4.41. The van der Waals surface area contributed by atoms with Gasteiger partial charge in [0.1, 0.15) is 16.6 Å². The van der Waals surface area contributed by atoms with E-state index in [4.69, 9.17) is 0 Å². The van der Waals surface area contributed by atoms with Crippen molar-refractivity contribution in [3.05, 3.63) is 83.4 Å². The number of hydrogen-bond donors (Lipinski definition) is 1. The van der Waals surface area contributed by atoms with Crippen LogP contribution in [0.2, 0.25) is 0 Å². The average molecular weight is 380 g/mol. The minimum Gasteiger partial charge on any atom is -0.322 e. The summed E-state index contributed by atoms with van der Waals surface area (Å²) in [5, 5.41) is 3.50. The van der Waals surface area contributed by atoms with Gasteiger partial charge >= 0.3 is 0 Å².